The van der Waals surface area contributed by atoms with Gasteiger partial charge in [-0.3, -0.25) is 9.89 Å². The maximum Gasteiger partial charge on any atom is 0.387 e. The minimum atomic E-state index is -2.86. The van der Waals surface area contributed by atoms with Gasteiger partial charge in [-0.1, -0.05) is 12.1 Å². The second-order valence-electron chi connectivity index (χ2n) is 6.77. The standard InChI is InChI=1S/C20H32F2N4O3.HI/c1-2-23-20(24-9-3-4-10-26-11-13-28-14-12-26)25-15-18(27)16-5-7-17(8-6-16)29-19(21)22;/h5-8,18-19,27H,2-4,9-15H2,1H3,(H2,23,24,25);1H. The summed E-state index contributed by atoms with van der Waals surface area (Å²) in [6.07, 6.45) is 1.30. The molecule has 0 radical (unpaired) electrons. The summed E-state index contributed by atoms with van der Waals surface area (Å²) in [7, 11) is 0. The highest BCUT2D eigenvalue weighted by Crippen LogP contribution is 2.19. The molecular weight excluding hydrogens is 509 g/mol. The van der Waals surface area contributed by atoms with E-state index in [1.165, 1.54) is 12.1 Å². The van der Waals surface area contributed by atoms with E-state index in [1.54, 1.807) is 12.1 Å². The van der Waals surface area contributed by atoms with E-state index in [0.29, 0.717) is 11.5 Å². The molecule has 172 valence electrons. The number of ether oxygens (including phenoxy) is 2. The zero-order chi connectivity index (χ0) is 20.9. The van der Waals surface area contributed by atoms with E-state index in [9.17, 15) is 13.9 Å². The van der Waals surface area contributed by atoms with Crippen LogP contribution in [0.5, 0.6) is 5.75 Å². The van der Waals surface area contributed by atoms with Gasteiger partial charge in [0.05, 0.1) is 25.9 Å². The Labute approximate surface area is 194 Å². The number of aliphatic hydroxyl groups is 1. The summed E-state index contributed by atoms with van der Waals surface area (Å²) in [6.45, 7) is 5.52. The first kappa shape index (κ1) is 26.8. The molecule has 1 heterocycles. The molecule has 2 rings (SSSR count). The van der Waals surface area contributed by atoms with Crippen LogP contribution in [-0.4, -0.2) is 75.1 Å². The topological polar surface area (TPSA) is 78.4 Å². The number of aliphatic hydroxyl groups excluding tert-OH is 1. The Kier molecular flexibility index (Phi) is 13.9. The molecule has 10 heteroatoms. The van der Waals surface area contributed by atoms with Crippen LogP contribution in [0.2, 0.25) is 0 Å². The average Bonchev–Trinajstić information content (AvgIpc) is 2.72. The maximum atomic E-state index is 12.2. The Morgan fingerprint density at radius 3 is 2.53 bits per heavy atom. The highest BCUT2D eigenvalue weighted by molar-refractivity contribution is 14.0. The summed E-state index contributed by atoms with van der Waals surface area (Å²) in [5.41, 5.74) is 0.594. The van der Waals surface area contributed by atoms with E-state index < -0.39 is 12.7 Å². The fourth-order valence-corrected chi connectivity index (χ4v) is 2.99. The van der Waals surface area contributed by atoms with Gasteiger partial charge < -0.3 is 25.2 Å². The van der Waals surface area contributed by atoms with Crippen LogP contribution in [-0.2, 0) is 4.74 Å². The summed E-state index contributed by atoms with van der Waals surface area (Å²) < 4.78 is 34.1. The molecule has 1 atom stereocenters. The number of aliphatic imine (C=N–C) groups is 1. The Balaban J connectivity index is 0.00000450. The largest absolute Gasteiger partial charge is 0.435 e. The molecule has 0 aromatic heterocycles. The lowest BCUT2D eigenvalue weighted by molar-refractivity contribution is -0.0498. The number of morpholine rings is 1. The fourth-order valence-electron chi connectivity index (χ4n) is 2.99. The Bertz CT molecular complexity index is 602. The summed E-state index contributed by atoms with van der Waals surface area (Å²) >= 11 is 0. The first-order chi connectivity index (χ1) is 14.1. The number of hydrogen-bond acceptors (Lipinski definition) is 5. The summed E-state index contributed by atoms with van der Waals surface area (Å²) in [4.78, 5) is 6.83. The van der Waals surface area contributed by atoms with E-state index in [1.807, 2.05) is 6.92 Å². The number of benzene rings is 1. The van der Waals surface area contributed by atoms with Crippen molar-refractivity contribution in [2.75, 3.05) is 52.5 Å². The van der Waals surface area contributed by atoms with E-state index >= 15 is 0 Å². The molecule has 0 spiro atoms. The minimum absolute atomic E-state index is 0. The molecule has 0 bridgehead atoms. The smallest absolute Gasteiger partial charge is 0.387 e. The van der Waals surface area contributed by atoms with Gasteiger partial charge in [0.1, 0.15) is 5.75 Å². The van der Waals surface area contributed by atoms with Gasteiger partial charge in [0.2, 0.25) is 0 Å². The average molecular weight is 542 g/mol. The molecule has 0 saturated carbocycles. The summed E-state index contributed by atoms with van der Waals surface area (Å²) in [5.74, 6) is 0.710. The first-order valence-electron chi connectivity index (χ1n) is 10.1. The number of unbranched alkanes of at least 4 members (excludes halogenated alkanes) is 1. The zero-order valence-corrected chi connectivity index (χ0v) is 19.7. The number of hydrogen-bond donors (Lipinski definition) is 3. The van der Waals surface area contributed by atoms with Crippen molar-refractivity contribution in [2.45, 2.75) is 32.5 Å². The molecule has 7 nitrogen and oxygen atoms in total. The molecular formula is C20H33F2IN4O3. The van der Waals surface area contributed by atoms with Crippen molar-refractivity contribution in [2.24, 2.45) is 4.99 Å². The molecule has 1 aliphatic rings. The Morgan fingerprint density at radius 1 is 1.20 bits per heavy atom. The summed E-state index contributed by atoms with van der Waals surface area (Å²) in [6, 6.07) is 5.94. The second-order valence-corrected chi connectivity index (χ2v) is 6.77. The van der Waals surface area contributed by atoms with Gasteiger partial charge in [-0.25, -0.2) is 0 Å². The molecule has 1 aromatic rings. The third-order valence-electron chi connectivity index (χ3n) is 4.55. The van der Waals surface area contributed by atoms with Gasteiger partial charge in [-0.05, 0) is 44.0 Å². The maximum absolute atomic E-state index is 12.2. The quantitative estimate of drug-likeness (QED) is 0.173. The number of halogens is 3. The van der Waals surface area contributed by atoms with Crippen molar-refractivity contribution in [3.8, 4) is 5.75 Å². The molecule has 3 N–H and O–H groups in total. The fraction of sp³-hybridized carbons (Fsp3) is 0.650. The highest BCUT2D eigenvalue weighted by Gasteiger charge is 2.11. The van der Waals surface area contributed by atoms with Gasteiger partial charge in [-0.15, -0.1) is 24.0 Å². The van der Waals surface area contributed by atoms with E-state index in [0.717, 1.165) is 58.8 Å². The van der Waals surface area contributed by atoms with Crippen LogP contribution in [0.4, 0.5) is 8.78 Å². The van der Waals surface area contributed by atoms with Crippen molar-refractivity contribution in [3.63, 3.8) is 0 Å². The van der Waals surface area contributed by atoms with Gasteiger partial charge in [0, 0.05) is 26.2 Å². The predicted octanol–water partition coefficient (Wildman–Crippen LogP) is 2.61. The Hall–Kier alpha value is -1.24. The van der Waals surface area contributed by atoms with Crippen molar-refractivity contribution in [3.05, 3.63) is 29.8 Å². The van der Waals surface area contributed by atoms with Gasteiger partial charge in [0.25, 0.3) is 0 Å². The van der Waals surface area contributed by atoms with Crippen LogP contribution >= 0.6 is 24.0 Å². The van der Waals surface area contributed by atoms with Crippen molar-refractivity contribution in [1.29, 1.82) is 0 Å². The second kappa shape index (κ2) is 15.5. The van der Waals surface area contributed by atoms with Crippen LogP contribution in [0.25, 0.3) is 0 Å². The monoisotopic (exact) mass is 542 g/mol. The van der Waals surface area contributed by atoms with Crippen LogP contribution in [0.3, 0.4) is 0 Å². The number of nitrogens with zero attached hydrogens (tertiary/aromatic N) is 2. The number of nitrogens with one attached hydrogen (secondary N) is 2. The van der Waals surface area contributed by atoms with Crippen molar-refractivity contribution >= 4 is 29.9 Å². The van der Waals surface area contributed by atoms with Crippen LogP contribution in [0.1, 0.15) is 31.4 Å². The molecule has 1 aliphatic heterocycles. The number of alkyl halides is 2. The third-order valence-corrected chi connectivity index (χ3v) is 4.55. The van der Waals surface area contributed by atoms with Crippen LogP contribution < -0.4 is 15.4 Å². The SMILES string of the molecule is CCNC(=NCC(O)c1ccc(OC(F)F)cc1)NCCCCN1CCOCC1.I. The van der Waals surface area contributed by atoms with E-state index in [-0.39, 0.29) is 36.3 Å². The number of guanidine groups is 1. The molecule has 1 fully saturated rings. The summed E-state index contributed by atoms with van der Waals surface area (Å²) in [5, 5.41) is 16.7. The third kappa shape index (κ3) is 10.7. The predicted molar refractivity (Wildman–Crippen MR) is 124 cm³/mol. The zero-order valence-electron chi connectivity index (χ0n) is 17.4. The van der Waals surface area contributed by atoms with Crippen molar-refractivity contribution in [1.82, 2.24) is 15.5 Å². The molecule has 0 amide bonds. The van der Waals surface area contributed by atoms with Crippen LogP contribution in [0, 0.1) is 0 Å². The van der Waals surface area contributed by atoms with E-state index in [2.05, 4.69) is 25.3 Å². The Morgan fingerprint density at radius 2 is 1.90 bits per heavy atom. The lowest BCUT2D eigenvalue weighted by Crippen LogP contribution is -2.39. The molecule has 1 saturated heterocycles. The van der Waals surface area contributed by atoms with Crippen LogP contribution in [0.15, 0.2) is 29.3 Å². The van der Waals surface area contributed by atoms with Gasteiger partial charge >= 0.3 is 6.61 Å². The van der Waals surface area contributed by atoms with E-state index in [4.69, 9.17) is 4.74 Å². The minimum Gasteiger partial charge on any atom is -0.435 e. The normalized spacial score (nSPS) is 16.1. The lowest BCUT2D eigenvalue weighted by Gasteiger charge is -2.26. The molecule has 1 unspecified atom stereocenters. The van der Waals surface area contributed by atoms with Gasteiger partial charge in [0.15, 0.2) is 5.96 Å². The molecule has 1 aromatic carbocycles. The molecule has 0 aliphatic carbocycles. The lowest BCUT2D eigenvalue weighted by atomic mass is 10.1. The highest BCUT2D eigenvalue weighted by atomic mass is 127. The number of rotatable bonds is 11. The van der Waals surface area contributed by atoms with Crippen molar-refractivity contribution < 1.29 is 23.4 Å². The molecule has 30 heavy (non-hydrogen) atoms. The van der Waals surface area contributed by atoms with Gasteiger partial charge in [-0.2, -0.15) is 8.78 Å². The first-order valence-corrected chi connectivity index (χ1v) is 10.1.